The number of piperazine rings is 1. The lowest BCUT2D eigenvalue weighted by atomic mass is 9.98. The molecule has 1 N–H and O–H groups in total. The maximum absolute atomic E-state index is 13.5. The molecule has 6 nitrogen and oxygen atoms in total. The molecule has 3 aromatic rings. The molecule has 0 radical (unpaired) electrons. The highest BCUT2D eigenvalue weighted by Crippen LogP contribution is 2.26. The summed E-state index contributed by atoms with van der Waals surface area (Å²) in [5.41, 5.74) is 1.32. The minimum absolute atomic E-state index is 0.168. The molecule has 160 valence electrons. The Morgan fingerprint density at radius 3 is 2.45 bits per heavy atom. The molecule has 2 aliphatic rings. The van der Waals surface area contributed by atoms with Crippen molar-refractivity contribution in [2.45, 2.75) is 31.8 Å². The van der Waals surface area contributed by atoms with E-state index in [0.717, 1.165) is 26.2 Å². The first-order chi connectivity index (χ1) is 15.1. The highest BCUT2D eigenvalue weighted by atomic mass is 16.4. The third-order valence-electron chi connectivity index (χ3n) is 6.71. The number of rotatable bonds is 4. The Balaban J connectivity index is 1.66. The largest absolute Gasteiger partial charge is 0.478 e. The highest BCUT2D eigenvalue weighted by molar-refractivity contribution is 6.04. The van der Waals surface area contributed by atoms with Crippen molar-refractivity contribution in [3.63, 3.8) is 0 Å². The molecule has 31 heavy (non-hydrogen) atoms. The van der Waals surface area contributed by atoms with Crippen LogP contribution in [0.2, 0.25) is 0 Å². The van der Waals surface area contributed by atoms with Gasteiger partial charge in [-0.2, -0.15) is 0 Å². The monoisotopic (exact) mass is 417 g/mol. The summed E-state index contributed by atoms with van der Waals surface area (Å²) in [6.07, 6.45) is 3.70. The number of para-hydroxylation sites is 1. The first-order valence-electron chi connectivity index (χ1n) is 11.1. The second kappa shape index (κ2) is 8.29. The van der Waals surface area contributed by atoms with Crippen molar-refractivity contribution >= 4 is 16.7 Å². The lowest BCUT2D eigenvalue weighted by molar-refractivity contribution is 0.0443. The summed E-state index contributed by atoms with van der Waals surface area (Å²) in [7, 11) is 0. The Bertz CT molecular complexity index is 1170. The maximum Gasteiger partial charge on any atom is 0.338 e. The van der Waals surface area contributed by atoms with Gasteiger partial charge < -0.3 is 5.11 Å². The third-order valence-corrected chi connectivity index (χ3v) is 6.71. The molecule has 1 atom stereocenters. The van der Waals surface area contributed by atoms with Gasteiger partial charge in [-0.15, -0.1) is 0 Å². The molecule has 0 spiro atoms. The van der Waals surface area contributed by atoms with Crippen LogP contribution in [-0.2, 0) is 6.54 Å². The van der Waals surface area contributed by atoms with Crippen molar-refractivity contribution in [3.8, 4) is 5.69 Å². The topological polar surface area (TPSA) is 65.8 Å². The fourth-order valence-electron chi connectivity index (χ4n) is 5.21. The molecule has 2 aromatic carbocycles. The summed E-state index contributed by atoms with van der Waals surface area (Å²) < 4.78 is 1.61. The van der Waals surface area contributed by atoms with E-state index < -0.39 is 5.97 Å². The van der Waals surface area contributed by atoms with E-state index in [-0.39, 0.29) is 11.1 Å². The van der Waals surface area contributed by atoms with Crippen LogP contribution in [0.5, 0.6) is 0 Å². The maximum atomic E-state index is 13.5. The Kier molecular flexibility index (Phi) is 5.34. The van der Waals surface area contributed by atoms with E-state index in [1.165, 1.54) is 19.3 Å². The van der Waals surface area contributed by atoms with Gasteiger partial charge in [-0.1, -0.05) is 42.8 Å². The van der Waals surface area contributed by atoms with E-state index in [2.05, 4.69) is 9.80 Å². The third kappa shape index (κ3) is 3.66. The van der Waals surface area contributed by atoms with Crippen molar-refractivity contribution in [1.29, 1.82) is 0 Å². The molecule has 2 aliphatic heterocycles. The second-order valence-electron chi connectivity index (χ2n) is 8.57. The van der Waals surface area contributed by atoms with Crippen LogP contribution < -0.4 is 5.56 Å². The summed E-state index contributed by atoms with van der Waals surface area (Å²) in [4.78, 5) is 30.9. The molecule has 3 heterocycles. The van der Waals surface area contributed by atoms with Gasteiger partial charge in [0, 0.05) is 48.7 Å². The van der Waals surface area contributed by atoms with Crippen LogP contribution in [-0.4, -0.2) is 57.7 Å². The van der Waals surface area contributed by atoms with Crippen molar-refractivity contribution in [1.82, 2.24) is 14.4 Å². The number of aromatic carboxylic acids is 1. The molecule has 0 bridgehead atoms. The number of fused-ring (bicyclic) bond motifs is 2. The summed E-state index contributed by atoms with van der Waals surface area (Å²) >= 11 is 0. The van der Waals surface area contributed by atoms with Crippen molar-refractivity contribution in [2.24, 2.45) is 0 Å². The average molecular weight is 418 g/mol. The minimum atomic E-state index is -0.993. The first kappa shape index (κ1) is 20.0. The number of hydrogen-bond donors (Lipinski definition) is 1. The van der Waals surface area contributed by atoms with E-state index in [0.29, 0.717) is 34.7 Å². The molecule has 0 saturated carbocycles. The van der Waals surface area contributed by atoms with Crippen LogP contribution in [0.25, 0.3) is 16.5 Å². The van der Waals surface area contributed by atoms with Crippen LogP contribution in [0.1, 0.15) is 35.3 Å². The van der Waals surface area contributed by atoms with Crippen molar-refractivity contribution < 1.29 is 9.90 Å². The van der Waals surface area contributed by atoms with E-state index in [1.807, 2.05) is 30.3 Å². The fourth-order valence-corrected chi connectivity index (χ4v) is 5.21. The van der Waals surface area contributed by atoms with E-state index in [9.17, 15) is 14.7 Å². The van der Waals surface area contributed by atoms with Gasteiger partial charge in [-0.25, -0.2) is 4.79 Å². The molecule has 2 fully saturated rings. The number of nitrogens with zero attached hydrogens (tertiary/aromatic N) is 3. The first-order valence-corrected chi connectivity index (χ1v) is 11.1. The van der Waals surface area contributed by atoms with Crippen LogP contribution in [0.3, 0.4) is 0 Å². The SMILES string of the molecule is O=C(O)c1c(CN2CCN3CCCCC3C2)n(-c2ccccc2)c(=O)c2ccccc12. The lowest BCUT2D eigenvalue weighted by Gasteiger charge is -2.44. The van der Waals surface area contributed by atoms with Crippen LogP contribution >= 0.6 is 0 Å². The standard InChI is InChI=1S/C25H27N3O3/c29-24-21-12-5-4-11-20(21)23(25(30)31)22(28(24)18-8-2-1-3-9-18)17-26-14-15-27-13-7-6-10-19(27)16-26/h1-5,8-9,11-12,19H,6-7,10,13-17H2,(H,30,31). The lowest BCUT2D eigenvalue weighted by Crippen LogP contribution is -2.54. The van der Waals surface area contributed by atoms with Crippen molar-refractivity contribution in [3.05, 3.63) is 76.2 Å². The summed E-state index contributed by atoms with van der Waals surface area (Å²) in [5, 5.41) is 11.1. The second-order valence-corrected chi connectivity index (χ2v) is 8.57. The Morgan fingerprint density at radius 2 is 1.68 bits per heavy atom. The van der Waals surface area contributed by atoms with Crippen LogP contribution in [0.4, 0.5) is 0 Å². The normalized spacial score (nSPS) is 19.9. The van der Waals surface area contributed by atoms with Gasteiger partial charge in [-0.3, -0.25) is 19.2 Å². The molecule has 5 rings (SSSR count). The predicted octanol–water partition coefficient (Wildman–Crippen LogP) is 3.36. The number of carboxylic acid groups (broad SMARTS) is 1. The molecule has 0 amide bonds. The fraction of sp³-hybridized carbons (Fsp3) is 0.360. The van der Waals surface area contributed by atoms with Gasteiger partial charge in [0.2, 0.25) is 0 Å². The van der Waals surface area contributed by atoms with E-state index in [1.54, 1.807) is 28.8 Å². The number of pyridine rings is 1. The summed E-state index contributed by atoms with van der Waals surface area (Å²) in [6, 6.07) is 17.0. The zero-order valence-corrected chi connectivity index (χ0v) is 17.5. The molecule has 1 aromatic heterocycles. The highest BCUT2D eigenvalue weighted by Gasteiger charge is 2.31. The number of benzene rings is 2. The van der Waals surface area contributed by atoms with Gasteiger partial charge in [0.25, 0.3) is 5.56 Å². The Hall–Kier alpha value is -2.96. The summed E-state index contributed by atoms with van der Waals surface area (Å²) in [5.74, 6) is -0.993. The van der Waals surface area contributed by atoms with Gasteiger partial charge >= 0.3 is 5.97 Å². The molecule has 2 saturated heterocycles. The predicted molar refractivity (Wildman–Crippen MR) is 121 cm³/mol. The minimum Gasteiger partial charge on any atom is -0.478 e. The Morgan fingerprint density at radius 1 is 0.935 bits per heavy atom. The molecule has 0 aliphatic carbocycles. The number of carboxylic acids is 1. The van der Waals surface area contributed by atoms with Gasteiger partial charge in [0.1, 0.15) is 0 Å². The van der Waals surface area contributed by atoms with E-state index >= 15 is 0 Å². The van der Waals surface area contributed by atoms with Gasteiger partial charge in [0.05, 0.1) is 11.3 Å². The number of piperidine rings is 1. The quantitative estimate of drug-likeness (QED) is 0.705. The average Bonchev–Trinajstić information content (AvgIpc) is 2.80. The van der Waals surface area contributed by atoms with Crippen LogP contribution in [0.15, 0.2) is 59.4 Å². The molecular formula is C25H27N3O3. The number of hydrogen-bond acceptors (Lipinski definition) is 4. The molecule has 1 unspecified atom stereocenters. The van der Waals surface area contributed by atoms with Gasteiger partial charge in [-0.05, 0) is 37.6 Å². The Labute approximate surface area is 181 Å². The number of carbonyl (C=O) groups is 1. The number of aromatic nitrogens is 1. The zero-order valence-electron chi connectivity index (χ0n) is 17.5. The smallest absolute Gasteiger partial charge is 0.338 e. The zero-order chi connectivity index (χ0) is 21.4. The summed E-state index contributed by atoms with van der Waals surface area (Å²) in [6.45, 7) is 4.39. The van der Waals surface area contributed by atoms with E-state index in [4.69, 9.17) is 0 Å². The van der Waals surface area contributed by atoms with Crippen molar-refractivity contribution in [2.75, 3.05) is 26.2 Å². The van der Waals surface area contributed by atoms with Crippen LogP contribution in [0, 0.1) is 0 Å². The van der Waals surface area contributed by atoms with Gasteiger partial charge in [0.15, 0.2) is 0 Å². The molecule has 6 heteroatoms. The molecular weight excluding hydrogens is 390 g/mol.